The van der Waals surface area contributed by atoms with Gasteiger partial charge in [-0.25, -0.2) is 4.79 Å². The summed E-state index contributed by atoms with van der Waals surface area (Å²) in [5.74, 6) is -1.51. The van der Waals surface area contributed by atoms with Gasteiger partial charge in [-0.3, -0.25) is 9.59 Å². The van der Waals surface area contributed by atoms with Crippen molar-refractivity contribution in [1.82, 2.24) is 10.6 Å². The maximum atomic E-state index is 12.0. The topological polar surface area (TPSA) is 105 Å². The second kappa shape index (κ2) is 7.23. The summed E-state index contributed by atoms with van der Waals surface area (Å²) in [6, 6.07) is -0.625. The summed E-state index contributed by atoms with van der Waals surface area (Å²) in [5, 5.41) is 14.0. The van der Waals surface area contributed by atoms with Crippen molar-refractivity contribution in [3.63, 3.8) is 0 Å². The Morgan fingerprint density at radius 2 is 1.85 bits per heavy atom. The maximum absolute atomic E-state index is 12.0. The van der Waals surface area contributed by atoms with Gasteiger partial charge in [-0.05, 0) is 25.2 Å². The fourth-order valence-electron chi connectivity index (χ4n) is 2.15. The molecule has 0 aromatic rings. The first kappa shape index (κ1) is 16.4. The summed E-state index contributed by atoms with van der Waals surface area (Å²) in [6.07, 6.45) is -0.557. The molecule has 1 rings (SSSR count). The van der Waals surface area contributed by atoms with E-state index in [1.54, 1.807) is 0 Å². The lowest BCUT2D eigenvalue weighted by molar-refractivity contribution is -0.152. The molecular formula is C13H22N2O5. The molecule has 1 saturated heterocycles. The van der Waals surface area contributed by atoms with Crippen molar-refractivity contribution >= 4 is 17.8 Å². The highest BCUT2D eigenvalue weighted by Gasteiger charge is 2.36. The molecule has 3 N–H and O–H groups in total. The van der Waals surface area contributed by atoms with Gasteiger partial charge in [-0.15, -0.1) is 0 Å². The van der Waals surface area contributed by atoms with Crippen LogP contribution in [0.15, 0.2) is 0 Å². The van der Waals surface area contributed by atoms with Gasteiger partial charge >= 0.3 is 5.97 Å². The van der Waals surface area contributed by atoms with Gasteiger partial charge in [-0.1, -0.05) is 13.8 Å². The molecule has 3 atom stereocenters. The van der Waals surface area contributed by atoms with Crippen LogP contribution < -0.4 is 10.6 Å². The molecule has 2 amide bonds. The number of hydrogen-bond acceptors (Lipinski definition) is 4. The number of hydrogen-bond donors (Lipinski definition) is 3. The minimum Gasteiger partial charge on any atom is -0.479 e. The first-order valence-electron chi connectivity index (χ1n) is 6.75. The zero-order valence-corrected chi connectivity index (χ0v) is 12.0. The summed E-state index contributed by atoms with van der Waals surface area (Å²) in [5.41, 5.74) is 0. The number of nitrogens with one attached hydrogen (secondary N) is 2. The van der Waals surface area contributed by atoms with Crippen molar-refractivity contribution in [2.45, 2.75) is 51.4 Å². The van der Waals surface area contributed by atoms with Crippen LogP contribution in [0.2, 0.25) is 0 Å². The largest absolute Gasteiger partial charge is 0.479 e. The summed E-state index contributed by atoms with van der Waals surface area (Å²) < 4.78 is 5.16. The summed E-state index contributed by atoms with van der Waals surface area (Å²) in [4.78, 5) is 34.5. The second-order valence-corrected chi connectivity index (χ2v) is 5.33. The zero-order valence-electron chi connectivity index (χ0n) is 12.0. The molecule has 0 spiro atoms. The van der Waals surface area contributed by atoms with Gasteiger partial charge in [0.15, 0.2) is 6.10 Å². The van der Waals surface area contributed by atoms with Crippen molar-refractivity contribution in [2.24, 2.45) is 5.92 Å². The number of amides is 2. The number of likely N-dealkylation sites (N-methyl/N-ethyl adjacent to an activating group) is 1. The summed E-state index contributed by atoms with van der Waals surface area (Å²) in [7, 11) is 1.51. The van der Waals surface area contributed by atoms with Gasteiger partial charge in [0, 0.05) is 7.05 Å². The molecule has 1 fully saturated rings. The van der Waals surface area contributed by atoms with Gasteiger partial charge in [0.05, 0.1) is 0 Å². The van der Waals surface area contributed by atoms with Crippen LogP contribution in [0.4, 0.5) is 0 Å². The SMILES string of the molecule is CNC(=O)C(CC(C)C)NC(=O)C1CCC(C(=O)O)O1. The zero-order chi connectivity index (χ0) is 15.3. The molecule has 0 aliphatic carbocycles. The lowest BCUT2D eigenvalue weighted by Gasteiger charge is -2.21. The van der Waals surface area contributed by atoms with Crippen LogP contribution in [0.3, 0.4) is 0 Å². The predicted molar refractivity (Wildman–Crippen MR) is 71.0 cm³/mol. The molecule has 0 aromatic heterocycles. The second-order valence-electron chi connectivity index (χ2n) is 5.33. The van der Waals surface area contributed by atoms with E-state index in [1.165, 1.54) is 7.05 Å². The third-order valence-electron chi connectivity index (χ3n) is 3.17. The van der Waals surface area contributed by atoms with Crippen molar-refractivity contribution < 1.29 is 24.2 Å². The number of carboxylic acids is 1. The van der Waals surface area contributed by atoms with E-state index >= 15 is 0 Å². The third kappa shape index (κ3) is 4.48. The highest BCUT2D eigenvalue weighted by molar-refractivity contribution is 5.89. The lowest BCUT2D eigenvalue weighted by Crippen LogP contribution is -2.49. The lowest BCUT2D eigenvalue weighted by atomic mass is 10.0. The van der Waals surface area contributed by atoms with Gasteiger partial charge in [0.1, 0.15) is 12.1 Å². The van der Waals surface area contributed by atoms with Crippen LogP contribution in [-0.2, 0) is 19.1 Å². The standard InChI is InChI=1S/C13H22N2O5/c1-7(2)6-8(11(16)14-3)15-12(17)9-4-5-10(20-9)13(18)19/h7-10H,4-6H2,1-3H3,(H,14,16)(H,15,17)(H,18,19). The normalized spacial score (nSPS) is 23.4. The van der Waals surface area contributed by atoms with Gasteiger partial charge in [-0.2, -0.15) is 0 Å². The molecule has 0 aromatic carbocycles. The van der Waals surface area contributed by atoms with Crippen molar-refractivity contribution in [3.05, 3.63) is 0 Å². The molecule has 3 unspecified atom stereocenters. The fraction of sp³-hybridized carbons (Fsp3) is 0.769. The van der Waals surface area contributed by atoms with E-state index in [2.05, 4.69) is 10.6 Å². The van der Waals surface area contributed by atoms with Crippen LogP contribution in [0.5, 0.6) is 0 Å². The number of rotatable bonds is 6. The minimum atomic E-state index is -1.06. The van der Waals surface area contributed by atoms with Gasteiger partial charge in [0.25, 0.3) is 0 Å². The molecule has 1 aliphatic rings. The van der Waals surface area contributed by atoms with Crippen LogP contribution in [-0.4, -0.2) is 48.2 Å². The molecule has 114 valence electrons. The molecule has 7 nitrogen and oxygen atoms in total. The number of ether oxygens (including phenoxy) is 1. The number of aliphatic carboxylic acids is 1. The Morgan fingerprint density at radius 3 is 2.30 bits per heavy atom. The highest BCUT2D eigenvalue weighted by Crippen LogP contribution is 2.20. The van der Waals surface area contributed by atoms with E-state index in [9.17, 15) is 14.4 Å². The third-order valence-corrected chi connectivity index (χ3v) is 3.17. The highest BCUT2D eigenvalue weighted by atomic mass is 16.5. The van der Waals surface area contributed by atoms with E-state index in [0.717, 1.165) is 0 Å². The van der Waals surface area contributed by atoms with Crippen LogP contribution in [0, 0.1) is 5.92 Å². The van der Waals surface area contributed by atoms with E-state index in [0.29, 0.717) is 19.3 Å². The van der Waals surface area contributed by atoms with E-state index in [4.69, 9.17) is 9.84 Å². The monoisotopic (exact) mass is 286 g/mol. The number of carboxylic acid groups (broad SMARTS) is 1. The molecule has 0 radical (unpaired) electrons. The Morgan fingerprint density at radius 1 is 1.25 bits per heavy atom. The van der Waals surface area contributed by atoms with Crippen LogP contribution in [0.1, 0.15) is 33.1 Å². The predicted octanol–water partition coefficient (Wildman–Crippen LogP) is -0.104. The first-order chi connectivity index (χ1) is 9.35. The average molecular weight is 286 g/mol. The molecule has 7 heteroatoms. The Balaban J connectivity index is 2.58. The molecule has 1 aliphatic heterocycles. The Labute approximate surface area is 118 Å². The van der Waals surface area contributed by atoms with Gasteiger partial charge < -0.3 is 20.5 Å². The number of carbonyl (C=O) groups excluding carboxylic acids is 2. The van der Waals surface area contributed by atoms with E-state index in [-0.39, 0.29) is 11.8 Å². The Bertz CT molecular complexity index is 383. The summed E-state index contributed by atoms with van der Waals surface area (Å²) >= 11 is 0. The van der Waals surface area contributed by atoms with Gasteiger partial charge in [0.2, 0.25) is 11.8 Å². The fourth-order valence-corrected chi connectivity index (χ4v) is 2.15. The van der Waals surface area contributed by atoms with Crippen molar-refractivity contribution in [3.8, 4) is 0 Å². The van der Waals surface area contributed by atoms with Crippen molar-refractivity contribution in [1.29, 1.82) is 0 Å². The maximum Gasteiger partial charge on any atom is 0.332 e. The first-order valence-corrected chi connectivity index (χ1v) is 6.75. The Hall–Kier alpha value is -1.63. The molecule has 20 heavy (non-hydrogen) atoms. The summed E-state index contributed by atoms with van der Waals surface area (Å²) in [6.45, 7) is 3.91. The van der Waals surface area contributed by atoms with E-state index in [1.807, 2.05) is 13.8 Å². The number of carbonyl (C=O) groups is 3. The minimum absolute atomic E-state index is 0.244. The molecular weight excluding hydrogens is 264 g/mol. The average Bonchev–Trinajstić information content (AvgIpc) is 2.86. The van der Waals surface area contributed by atoms with E-state index < -0.39 is 30.1 Å². The smallest absolute Gasteiger partial charge is 0.332 e. The van der Waals surface area contributed by atoms with Crippen LogP contribution >= 0.6 is 0 Å². The Kier molecular flexibility index (Phi) is 5.94. The molecule has 0 bridgehead atoms. The van der Waals surface area contributed by atoms with Crippen LogP contribution in [0.25, 0.3) is 0 Å². The molecule has 0 saturated carbocycles. The molecule has 1 heterocycles. The van der Waals surface area contributed by atoms with Crippen molar-refractivity contribution in [2.75, 3.05) is 7.05 Å². The quantitative estimate of drug-likeness (QED) is 0.632.